The lowest BCUT2D eigenvalue weighted by atomic mass is 10.0. The van der Waals surface area contributed by atoms with Gasteiger partial charge in [-0.05, 0) is 38.9 Å². The Morgan fingerprint density at radius 3 is 2.67 bits per heavy atom. The molecule has 1 aromatic carbocycles. The molecule has 0 bridgehead atoms. The van der Waals surface area contributed by atoms with Crippen LogP contribution < -0.4 is 15.0 Å². The molecule has 1 aromatic rings. The minimum Gasteiger partial charge on any atom is -0.496 e. The van der Waals surface area contributed by atoms with Gasteiger partial charge in [-0.1, -0.05) is 13.0 Å². The number of nitrogens with zero attached hydrogens (tertiary/aromatic N) is 2. The van der Waals surface area contributed by atoms with Gasteiger partial charge >= 0.3 is 0 Å². The monoisotopic (exact) mass is 289 g/mol. The molecule has 1 N–H and O–H groups in total. The van der Waals surface area contributed by atoms with E-state index < -0.39 is 0 Å². The topological polar surface area (TPSA) is 48.3 Å². The number of benzene rings is 1. The minimum absolute atomic E-state index is 0.166. The maximum Gasteiger partial charge on any atom is 0.125 e. The van der Waals surface area contributed by atoms with Crippen LogP contribution in [0.2, 0.25) is 0 Å². The minimum atomic E-state index is 0.166. The van der Waals surface area contributed by atoms with Crippen molar-refractivity contribution in [2.45, 2.75) is 45.7 Å². The van der Waals surface area contributed by atoms with Crippen molar-refractivity contribution >= 4 is 5.69 Å². The quantitative estimate of drug-likeness (QED) is 0.796. The summed E-state index contributed by atoms with van der Waals surface area (Å²) >= 11 is 0. The van der Waals surface area contributed by atoms with Crippen molar-refractivity contribution in [2.24, 2.45) is 0 Å². The first-order valence-corrected chi connectivity index (χ1v) is 7.56. The van der Waals surface area contributed by atoms with Gasteiger partial charge in [-0.15, -0.1) is 0 Å². The number of hydrogen-bond donors (Lipinski definition) is 1. The second-order valence-corrected chi connectivity index (χ2v) is 5.39. The number of anilines is 1. The van der Waals surface area contributed by atoms with Crippen molar-refractivity contribution in [2.75, 3.05) is 25.6 Å². The largest absolute Gasteiger partial charge is 0.496 e. The molecular formula is C17H27N3O. The van der Waals surface area contributed by atoms with Gasteiger partial charge in [0.15, 0.2) is 0 Å². The second kappa shape index (κ2) is 8.53. The highest BCUT2D eigenvalue weighted by atomic mass is 16.5. The van der Waals surface area contributed by atoms with Gasteiger partial charge in [0, 0.05) is 30.4 Å². The van der Waals surface area contributed by atoms with Gasteiger partial charge in [0.2, 0.25) is 0 Å². The van der Waals surface area contributed by atoms with Gasteiger partial charge in [0.1, 0.15) is 5.75 Å². The predicted octanol–water partition coefficient (Wildman–Crippen LogP) is 3.49. The van der Waals surface area contributed by atoms with Crippen molar-refractivity contribution in [3.63, 3.8) is 0 Å². The lowest BCUT2D eigenvalue weighted by Crippen LogP contribution is -2.31. The van der Waals surface area contributed by atoms with Crippen LogP contribution in [-0.2, 0) is 0 Å². The van der Waals surface area contributed by atoms with E-state index >= 15 is 0 Å². The van der Waals surface area contributed by atoms with Crippen molar-refractivity contribution < 1.29 is 4.74 Å². The molecule has 0 saturated heterocycles. The van der Waals surface area contributed by atoms with Gasteiger partial charge in [-0.25, -0.2) is 0 Å². The number of hydrogen-bond acceptors (Lipinski definition) is 4. The van der Waals surface area contributed by atoms with E-state index in [1.54, 1.807) is 7.11 Å². The van der Waals surface area contributed by atoms with Crippen molar-refractivity contribution in [1.82, 2.24) is 5.32 Å². The third-order valence-corrected chi connectivity index (χ3v) is 3.82. The van der Waals surface area contributed by atoms with Crippen LogP contribution in [0.4, 0.5) is 5.69 Å². The fourth-order valence-electron chi connectivity index (χ4n) is 2.42. The standard InChI is InChI=1S/C17H27N3O/c1-6-12-19-14(3)17-15(8-7-9-16(17)21-5)20(4)13(2)10-11-18/h7-9,13-14,19H,6,10,12H2,1-5H3. The maximum absolute atomic E-state index is 8.91. The Bertz CT molecular complexity index is 481. The van der Waals surface area contributed by atoms with Crippen LogP contribution in [0.3, 0.4) is 0 Å². The molecule has 2 unspecified atom stereocenters. The molecule has 0 spiro atoms. The van der Waals surface area contributed by atoms with Crippen LogP contribution in [0.15, 0.2) is 18.2 Å². The molecule has 0 aromatic heterocycles. The van der Waals surface area contributed by atoms with Crippen LogP contribution in [0.1, 0.15) is 45.2 Å². The van der Waals surface area contributed by atoms with Crippen LogP contribution in [-0.4, -0.2) is 26.7 Å². The molecule has 1 rings (SSSR count). The molecule has 0 amide bonds. The van der Waals surface area contributed by atoms with Crippen LogP contribution in [0, 0.1) is 11.3 Å². The molecule has 21 heavy (non-hydrogen) atoms. The molecule has 0 heterocycles. The number of methoxy groups -OCH3 is 1. The van der Waals surface area contributed by atoms with E-state index in [0.29, 0.717) is 6.42 Å². The Morgan fingerprint density at radius 1 is 1.38 bits per heavy atom. The lowest BCUT2D eigenvalue weighted by molar-refractivity contribution is 0.401. The Labute approximate surface area is 128 Å². The summed E-state index contributed by atoms with van der Waals surface area (Å²) in [5.74, 6) is 0.889. The van der Waals surface area contributed by atoms with E-state index in [9.17, 15) is 0 Å². The number of nitriles is 1. The zero-order chi connectivity index (χ0) is 15.8. The average molecular weight is 289 g/mol. The summed E-state index contributed by atoms with van der Waals surface area (Å²) < 4.78 is 5.55. The first kappa shape index (κ1) is 17.3. The molecule has 2 atom stereocenters. The van der Waals surface area contributed by atoms with Crippen LogP contribution in [0.25, 0.3) is 0 Å². The first-order valence-electron chi connectivity index (χ1n) is 7.56. The number of ether oxygens (including phenoxy) is 1. The summed E-state index contributed by atoms with van der Waals surface area (Å²) in [5.41, 5.74) is 2.27. The SMILES string of the molecule is CCCNC(C)c1c(OC)cccc1N(C)C(C)CC#N. The molecule has 0 radical (unpaired) electrons. The molecule has 4 heteroatoms. The van der Waals surface area contributed by atoms with Gasteiger partial charge < -0.3 is 15.0 Å². The first-order chi connectivity index (χ1) is 10.1. The van der Waals surface area contributed by atoms with E-state index in [4.69, 9.17) is 10.00 Å². The summed E-state index contributed by atoms with van der Waals surface area (Å²) in [6.45, 7) is 7.34. The van der Waals surface area contributed by atoms with Crippen LogP contribution in [0.5, 0.6) is 5.75 Å². The summed E-state index contributed by atoms with van der Waals surface area (Å²) in [4.78, 5) is 2.16. The summed E-state index contributed by atoms with van der Waals surface area (Å²) in [7, 11) is 3.74. The van der Waals surface area contributed by atoms with E-state index in [0.717, 1.165) is 30.0 Å². The summed E-state index contributed by atoms with van der Waals surface area (Å²) in [6, 6.07) is 8.69. The highest BCUT2D eigenvalue weighted by Crippen LogP contribution is 2.35. The van der Waals surface area contributed by atoms with Crippen molar-refractivity contribution in [1.29, 1.82) is 5.26 Å². The van der Waals surface area contributed by atoms with Gasteiger partial charge in [0.05, 0.1) is 19.6 Å². The molecule has 4 nitrogen and oxygen atoms in total. The molecule has 0 aliphatic carbocycles. The van der Waals surface area contributed by atoms with Gasteiger partial charge in [0.25, 0.3) is 0 Å². The highest BCUT2D eigenvalue weighted by molar-refractivity contribution is 5.61. The van der Waals surface area contributed by atoms with Crippen molar-refractivity contribution in [3.8, 4) is 11.8 Å². The smallest absolute Gasteiger partial charge is 0.125 e. The number of rotatable bonds is 8. The van der Waals surface area contributed by atoms with Crippen molar-refractivity contribution in [3.05, 3.63) is 23.8 Å². The Balaban J connectivity index is 3.16. The summed E-state index contributed by atoms with van der Waals surface area (Å²) in [5, 5.41) is 12.4. The van der Waals surface area contributed by atoms with E-state index in [2.05, 4.69) is 43.1 Å². The van der Waals surface area contributed by atoms with E-state index in [1.807, 2.05) is 19.2 Å². The highest BCUT2D eigenvalue weighted by Gasteiger charge is 2.20. The molecule has 116 valence electrons. The average Bonchev–Trinajstić information content (AvgIpc) is 2.51. The Hall–Kier alpha value is -1.73. The lowest BCUT2D eigenvalue weighted by Gasteiger charge is -2.30. The van der Waals surface area contributed by atoms with Crippen LogP contribution >= 0.6 is 0 Å². The van der Waals surface area contributed by atoms with E-state index in [-0.39, 0.29) is 12.1 Å². The van der Waals surface area contributed by atoms with E-state index in [1.165, 1.54) is 0 Å². The number of nitrogens with one attached hydrogen (secondary N) is 1. The molecule has 0 aliphatic rings. The molecule has 0 fully saturated rings. The van der Waals surface area contributed by atoms with Gasteiger partial charge in [-0.2, -0.15) is 5.26 Å². The normalized spacial score (nSPS) is 13.3. The maximum atomic E-state index is 8.91. The zero-order valence-corrected chi connectivity index (χ0v) is 13.8. The molecule has 0 saturated carbocycles. The fourth-order valence-corrected chi connectivity index (χ4v) is 2.42. The third-order valence-electron chi connectivity index (χ3n) is 3.82. The Morgan fingerprint density at radius 2 is 2.10 bits per heavy atom. The Kier molecular flexibility index (Phi) is 7.04. The fraction of sp³-hybridized carbons (Fsp3) is 0.588. The predicted molar refractivity (Wildman–Crippen MR) is 87.8 cm³/mol. The van der Waals surface area contributed by atoms with Gasteiger partial charge in [-0.3, -0.25) is 0 Å². The third kappa shape index (κ3) is 4.37. The second-order valence-electron chi connectivity index (χ2n) is 5.39. The molecule has 0 aliphatic heterocycles. The summed E-state index contributed by atoms with van der Waals surface area (Å²) in [6.07, 6.45) is 1.60. The zero-order valence-electron chi connectivity index (χ0n) is 13.8. The molecular weight excluding hydrogens is 262 g/mol.